The van der Waals surface area contributed by atoms with Gasteiger partial charge in [-0.15, -0.1) is 0 Å². The molecule has 1 aliphatic rings. The molecule has 1 aliphatic heterocycles. The van der Waals surface area contributed by atoms with Gasteiger partial charge in [-0.25, -0.2) is 9.97 Å². The summed E-state index contributed by atoms with van der Waals surface area (Å²) < 4.78 is 11.8. The molecule has 7 nitrogen and oxygen atoms in total. The zero-order valence-corrected chi connectivity index (χ0v) is 20.6. The molecule has 0 unspecified atom stereocenters. The number of benzene rings is 2. The van der Waals surface area contributed by atoms with E-state index in [4.69, 9.17) is 9.47 Å². The number of hydrogen-bond acceptors (Lipinski definition) is 6. The predicted octanol–water partition coefficient (Wildman–Crippen LogP) is 5.42. The maximum absolute atomic E-state index is 13.5. The van der Waals surface area contributed by atoms with Crippen molar-refractivity contribution in [3.8, 4) is 33.8 Å². The van der Waals surface area contributed by atoms with Gasteiger partial charge < -0.3 is 14.4 Å². The zero-order chi connectivity index (χ0) is 25.1. The molecule has 0 saturated carbocycles. The number of pyridine rings is 1. The van der Waals surface area contributed by atoms with Crippen LogP contribution in [0.4, 0.5) is 0 Å². The van der Waals surface area contributed by atoms with Crippen LogP contribution >= 0.6 is 0 Å². The average Bonchev–Trinajstić information content (AvgIpc) is 3.03. The third-order valence-corrected chi connectivity index (χ3v) is 5.76. The Balaban J connectivity index is 1.34. The average molecular weight is 481 g/mol. The van der Waals surface area contributed by atoms with Crippen molar-refractivity contribution >= 4 is 5.91 Å². The Labute approximate surface area is 210 Å². The van der Waals surface area contributed by atoms with Gasteiger partial charge in [0.15, 0.2) is 0 Å². The molecule has 7 heteroatoms. The van der Waals surface area contributed by atoms with Crippen LogP contribution in [0.5, 0.6) is 11.5 Å². The lowest BCUT2D eigenvalue weighted by Crippen LogP contribution is -2.32. The molecule has 2 aromatic heterocycles. The van der Waals surface area contributed by atoms with Gasteiger partial charge in [0.1, 0.15) is 29.5 Å². The van der Waals surface area contributed by atoms with Crippen molar-refractivity contribution in [3.05, 3.63) is 90.8 Å². The number of aromatic nitrogens is 3. The standard InChI is InChI=1S/C29H28N4O3/c1-29(2,3)36-24-9-6-20(7-10-24)21-8-11-26-25(15-21)28(34)33(13-14-35-26)19-27-31-17-23(18-32-27)22-5-4-12-30-16-22/h4-12,15-18H,13-14,19H2,1-3H3. The number of carbonyl (C=O) groups excluding carboxylic acids is 1. The lowest BCUT2D eigenvalue weighted by Gasteiger charge is -2.21. The summed E-state index contributed by atoms with van der Waals surface area (Å²) in [7, 11) is 0. The quantitative estimate of drug-likeness (QED) is 0.380. The van der Waals surface area contributed by atoms with Crippen molar-refractivity contribution in [2.45, 2.75) is 32.9 Å². The minimum atomic E-state index is -0.262. The molecule has 0 spiro atoms. The van der Waals surface area contributed by atoms with Gasteiger partial charge in [0, 0.05) is 35.9 Å². The van der Waals surface area contributed by atoms with Gasteiger partial charge >= 0.3 is 0 Å². The highest BCUT2D eigenvalue weighted by atomic mass is 16.5. The summed E-state index contributed by atoms with van der Waals surface area (Å²) in [4.78, 5) is 28.3. The molecule has 182 valence electrons. The SMILES string of the molecule is CC(C)(C)Oc1ccc(-c2ccc3c(c2)C(=O)N(Cc2ncc(-c4cccnc4)cn2)CCO3)cc1. The van der Waals surface area contributed by atoms with Crippen LogP contribution in [0, 0.1) is 0 Å². The van der Waals surface area contributed by atoms with Crippen LogP contribution < -0.4 is 9.47 Å². The largest absolute Gasteiger partial charge is 0.491 e. The maximum atomic E-state index is 13.5. The predicted molar refractivity (Wildman–Crippen MR) is 138 cm³/mol. The number of rotatable bonds is 5. The van der Waals surface area contributed by atoms with Gasteiger partial charge in [-0.2, -0.15) is 0 Å². The highest BCUT2D eigenvalue weighted by Crippen LogP contribution is 2.31. The van der Waals surface area contributed by atoms with Gasteiger partial charge in [0.25, 0.3) is 5.91 Å². The fraction of sp³-hybridized carbons (Fsp3) is 0.241. The van der Waals surface area contributed by atoms with Crippen molar-refractivity contribution in [1.29, 1.82) is 0 Å². The highest BCUT2D eigenvalue weighted by Gasteiger charge is 2.25. The summed E-state index contributed by atoms with van der Waals surface area (Å²) in [5.41, 5.74) is 4.03. The van der Waals surface area contributed by atoms with Crippen LogP contribution in [-0.4, -0.2) is 44.5 Å². The van der Waals surface area contributed by atoms with Crippen molar-refractivity contribution in [3.63, 3.8) is 0 Å². The van der Waals surface area contributed by atoms with Gasteiger partial charge in [0.05, 0.1) is 18.7 Å². The second-order valence-corrected chi connectivity index (χ2v) is 9.65. The zero-order valence-electron chi connectivity index (χ0n) is 20.6. The topological polar surface area (TPSA) is 77.4 Å². The Kier molecular flexibility index (Phi) is 6.38. The minimum absolute atomic E-state index is 0.100. The number of carbonyl (C=O) groups is 1. The highest BCUT2D eigenvalue weighted by molar-refractivity contribution is 5.98. The molecule has 0 atom stereocenters. The third-order valence-electron chi connectivity index (χ3n) is 5.76. The summed E-state index contributed by atoms with van der Waals surface area (Å²) in [5, 5.41) is 0. The molecule has 2 aromatic carbocycles. The first kappa shape index (κ1) is 23.5. The molecule has 0 N–H and O–H groups in total. The molecule has 4 aromatic rings. The van der Waals surface area contributed by atoms with E-state index in [0.29, 0.717) is 36.8 Å². The molecular formula is C29H28N4O3. The molecule has 0 radical (unpaired) electrons. The normalized spacial score (nSPS) is 13.5. The van der Waals surface area contributed by atoms with Crippen molar-refractivity contribution in [2.24, 2.45) is 0 Å². The van der Waals surface area contributed by atoms with E-state index in [1.807, 2.05) is 75.4 Å². The van der Waals surface area contributed by atoms with Gasteiger partial charge in [0.2, 0.25) is 0 Å². The second-order valence-electron chi connectivity index (χ2n) is 9.65. The van der Waals surface area contributed by atoms with E-state index < -0.39 is 0 Å². The van der Waals surface area contributed by atoms with Crippen LogP contribution in [-0.2, 0) is 6.54 Å². The van der Waals surface area contributed by atoms with E-state index in [-0.39, 0.29) is 11.5 Å². The van der Waals surface area contributed by atoms with Crippen molar-refractivity contribution in [1.82, 2.24) is 19.9 Å². The van der Waals surface area contributed by atoms with E-state index in [0.717, 1.165) is 28.0 Å². The summed E-state index contributed by atoms with van der Waals surface area (Å²) in [6, 6.07) is 17.5. The monoisotopic (exact) mass is 480 g/mol. The molecule has 5 rings (SSSR count). The van der Waals surface area contributed by atoms with E-state index in [1.54, 1.807) is 29.7 Å². The van der Waals surface area contributed by atoms with Crippen LogP contribution in [0.3, 0.4) is 0 Å². The summed E-state index contributed by atoms with van der Waals surface area (Å²) in [6.07, 6.45) is 7.02. The Bertz CT molecular complexity index is 1350. The molecular weight excluding hydrogens is 452 g/mol. The first-order chi connectivity index (χ1) is 17.4. The minimum Gasteiger partial charge on any atom is -0.491 e. The Morgan fingerprint density at radius 2 is 1.67 bits per heavy atom. The van der Waals surface area contributed by atoms with E-state index in [1.165, 1.54) is 0 Å². The van der Waals surface area contributed by atoms with Crippen LogP contribution in [0.2, 0.25) is 0 Å². The number of ether oxygens (including phenoxy) is 2. The lowest BCUT2D eigenvalue weighted by atomic mass is 10.0. The number of amides is 1. The molecule has 0 bridgehead atoms. The number of hydrogen-bond donors (Lipinski definition) is 0. The molecule has 0 fully saturated rings. The van der Waals surface area contributed by atoms with Crippen LogP contribution in [0.15, 0.2) is 79.4 Å². The number of fused-ring (bicyclic) bond motifs is 1. The Hall–Kier alpha value is -4.26. The molecule has 1 amide bonds. The fourth-order valence-electron chi connectivity index (χ4n) is 4.05. The Morgan fingerprint density at radius 3 is 2.36 bits per heavy atom. The van der Waals surface area contributed by atoms with E-state index in [2.05, 4.69) is 15.0 Å². The third kappa shape index (κ3) is 5.35. The first-order valence-electron chi connectivity index (χ1n) is 11.9. The van der Waals surface area contributed by atoms with E-state index in [9.17, 15) is 4.79 Å². The first-order valence-corrected chi connectivity index (χ1v) is 11.9. The van der Waals surface area contributed by atoms with Crippen molar-refractivity contribution < 1.29 is 14.3 Å². The van der Waals surface area contributed by atoms with Crippen LogP contribution in [0.25, 0.3) is 22.3 Å². The summed E-state index contributed by atoms with van der Waals surface area (Å²) >= 11 is 0. The fourth-order valence-corrected chi connectivity index (χ4v) is 4.05. The smallest absolute Gasteiger partial charge is 0.258 e. The van der Waals surface area contributed by atoms with Crippen molar-refractivity contribution in [2.75, 3.05) is 13.2 Å². The molecule has 0 saturated heterocycles. The molecule has 36 heavy (non-hydrogen) atoms. The molecule has 0 aliphatic carbocycles. The lowest BCUT2D eigenvalue weighted by molar-refractivity contribution is 0.0738. The van der Waals surface area contributed by atoms with E-state index >= 15 is 0 Å². The van der Waals surface area contributed by atoms with Gasteiger partial charge in [-0.3, -0.25) is 9.78 Å². The summed E-state index contributed by atoms with van der Waals surface area (Å²) in [6.45, 7) is 7.22. The molecule has 3 heterocycles. The summed E-state index contributed by atoms with van der Waals surface area (Å²) in [5.74, 6) is 1.87. The number of nitrogens with zero attached hydrogens (tertiary/aromatic N) is 4. The van der Waals surface area contributed by atoms with Crippen LogP contribution in [0.1, 0.15) is 37.0 Å². The van der Waals surface area contributed by atoms with Gasteiger partial charge in [-0.1, -0.05) is 24.3 Å². The maximum Gasteiger partial charge on any atom is 0.258 e. The second kappa shape index (κ2) is 9.77. The van der Waals surface area contributed by atoms with Gasteiger partial charge in [-0.05, 0) is 62.2 Å². The Morgan fingerprint density at radius 1 is 0.917 bits per heavy atom.